The molecule has 0 saturated heterocycles. The Labute approximate surface area is 125 Å². The summed E-state index contributed by atoms with van der Waals surface area (Å²) in [6.45, 7) is 3.81. The Balaban J connectivity index is 2.34. The number of anilines is 1. The van der Waals surface area contributed by atoms with Crippen molar-refractivity contribution in [2.75, 3.05) is 5.73 Å². The van der Waals surface area contributed by atoms with E-state index in [4.69, 9.17) is 10.5 Å². The highest BCUT2D eigenvalue weighted by molar-refractivity contribution is 9.10. The van der Waals surface area contributed by atoms with Gasteiger partial charge in [-0.1, -0.05) is 6.92 Å². The predicted molar refractivity (Wildman–Crippen MR) is 79.4 cm³/mol. The standard InChI is InChI=1S/C14H15BrFN3O/c1-3-4-12-18-13(17)8(2)14(19-12)20-9-5-6-10(15)11(16)7-9/h5-7H,3-4H2,1-2H3,(H2,17,18,19). The van der Waals surface area contributed by atoms with Crippen molar-refractivity contribution >= 4 is 21.7 Å². The van der Waals surface area contributed by atoms with Crippen LogP contribution in [0.1, 0.15) is 24.7 Å². The average Bonchev–Trinajstić information content (AvgIpc) is 2.40. The van der Waals surface area contributed by atoms with E-state index in [1.54, 1.807) is 19.1 Å². The van der Waals surface area contributed by atoms with Crippen molar-refractivity contribution in [1.29, 1.82) is 0 Å². The molecule has 2 N–H and O–H groups in total. The topological polar surface area (TPSA) is 61.0 Å². The van der Waals surface area contributed by atoms with E-state index in [-0.39, 0.29) is 0 Å². The van der Waals surface area contributed by atoms with Crippen LogP contribution in [0.4, 0.5) is 10.2 Å². The molecule has 2 aromatic rings. The van der Waals surface area contributed by atoms with Crippen LogP contribution < -0.4 is 10.5 Å². The predicted octanol–water partition coefficient (Wildman–Crippen LogP) is 4.01. The Morgan fingerprint density at radius 1 is 1.35 bits per heavy atom. The Morgan fingerprint density at radius 3 is 2.75 bits per heavy atom. The summed E-state index contributed by atoms with van der Waals surface area (Å²) in [5, 5.41) is 0. The molecule has 0 aliphatic rings. The van der Waals surface area contributed by atoms with E-state index in [9.17, 15) is 4.39 Å². The average molecular weight is 340 g/mol. The molecule has 1 aromatic carbocycles. The molecule has 20 heavy (non-hydrogen) atoms. The van der Waals surface area contributed by atoms with Crippen LogP contribution in [0.15, 0.2) is 22.7 Å². The monoisotopic (exact) mass is 339 g/mol. The van der Waals surface area contributed by atoms with Gasteiger partial charge in [-0.2, -0.15) is 4.98 Å². The molecule has 1 aromatic heterocycles. The molecule has 0 atom stereocenters. The van der Waals surface area contributed by atoms with Crippen LogP contribution in [-0.2, 0) is 6.42 Å². The number of nitrogens with zero attached hydrogens (tertiary/aromatic N) is 2. The molecule has 0 amide bonds. The Bertz CT molecular complexity index is 634. The van der Waals surface area contributed by atoms with Gasteiger partial charge in [-0.05, 0) is 41.4 Å². The van der Waals surface area contributed by atoms with Crippen LogP contribution in [0.3, 0.4) is 0 Å². The SMILES string of the molecule is CCCc1nc(N)c(C)c(Oc2ccc(Br)c(F)c2)n1. The van der Waals surface area contributed by atoms with Crippen molar-refractivity contribution in [3.63, 3.8) is 0 Å². The number of rotatable bonds is 4. The molecule has 0 radical (unpaired) electrons. The highest BCUT2D eigenvalue weighted by atomic mass is 79.9. The Morgan fingerprint density at radius 2 is 2.10 bits per heavy atom. The van der Waals surface area contributed by atoms with Gasteiger partial charge in [0.1, 0.15) is 23.2 Å². The second kappa shape index (κ2) is 6.17. The zero-order valence-electron chi connectivity index (χ0n) is 11.3. The summed E-state index contributed by atoms with van der Waals surface area (Å²) >= 11 is 3.10. The summed E-state index contributed by atoms with van der Waals surface area (Å²) in [6.07, 6.45) is 1.63. The van der Waals surface area contributed by atoms with Gasteiger partial charge in [0.25, 0.3) is 0 Å². The highest BCUT2D eigenvalue weighted by Gasteiger charge is 2.11. The van der Waals surface area contributed by atoms with Crippen LogP contribution in [0.25, 0.3) is 0 Å². The van der Waals surface area contributed by atoms with Gasteiger partial charge in [0.15, 0.2) is 0 Å². The third kappa shape index (κ3) is 3.25. The zero-order chi connectivity index (χ0) is 14.7. The number of nitrogen functional groups attached to an aromatic ring is 1. The number of aromatic nitrogens is 2. The molecule has 0 spiro atoms. The molecule has 0 saturated carbocycles. The van der Waals surface area contributed by atoms with E-state index in [0.717, 1.165) is 12.8 Å². The van der Waals surface area contributed by atoms with Crippen molar-refractivity contribution in [1.82, 2.24) is 9.97 Å². The minimum Gasteiger partial charge on any atom is -0.438 e. The van der Waals surface area contributed by atoms with Crippen molar-refractivity contribution in [3.8, 4) is 11.6 Å². The van der Waals surface area contributed by atoms with Crippen molar-refractivity contribution in [3.05, 3.63) is 39.9 Å². The first kappa shape index (κ1) is 14.7. The molecule has 106 valence electrons. The Kier molecular flexibility index (Phi) is 4.54. The Hall–Kier alpha value is -1.69. The molecule has 0 aliphatic carbocycles. The molecule has 0 aliphatic heterocycles. The number of nitrogens with two attached hydrogens (primary N) is 1. The van der Waals surface area contributed by atoms with Crippen LogP contribution in [-0.4, -0.2) is 9.97 Å². The summed E-state index contributed by atoms with van der Waals surface area (Å²) in [5.41, 5.74) is 6.49. The van der Waals surface area contributed by atoms with Gasteiger partial charge >= 0.3 is 0 Å². The summed E-state index contributed by atoms with van der Waals surface area (Å²) in [5.74, 6) is 1.35. The van der Waals surface area contributed by atoms with Gasteiger partial charge in [-0.3, -0.25) is 0 Å². The lowest BCUT2D eigenvalue weighted by molar-refractivity contribution is 0.450. The number of aryl methyl sites for hydroxylation is 1. The molecule has 4 nitrogen and oxygen atoms in total. The number of hydrogen-bond donors (Lipinski definition) is 1. The second-order valence-corrected chi connectivity index (χ2v) is 5.24. The third-order valence-corrected chi connectivity index (χ3v) is 3.41. The maximum absolute atomic E-state index is 13.5. The van der Waals surface area contributed by atoms with Crippen molar-refractivity contribution < 1.29 is 9.13 Å². The molecule has 0 unspecified atom stereocenters. The largest absolute Gasteiger partial charge is 0.438 e. The molecule has 0 bridgehead atoms. The third-order valence-electron chi connectivity index (χ3n) is 2.76. The summed E-state index contributed by atoms with van der Waals surface area (Å²) < 4.78 is 19.5. The summed E-state index contributed by atoms with van der Waals surface area (Å²) in [6, 6.07) is 4.53. The van der Waals surface area contributed by atoms with Gasteiger partial charge in [0.05, 0.1) is 10.0 Å². The van der Waals surface area contributed by atoms with E-state index in [1.807, 2.05) is 6.92 Å². The van der Waals surface area contributed by atoms with Gasteiger partial charge < -0.3 is 10.5 Å². The lowest BCUT2D eigenvalue weighted by atomic mass is 10.3. The highest BCUT2D eigenvalue weighted by Crippen LogP contribution is 2.28. The fourth-order valence-corrected chi connectivity index (χ4v) is 1.89. The number of ether oxygens (including phenoxy) is 1. The van der Waals surface area contributed by atoms with Crippen LogP contribution in [0.5, 0.6) is 11.6 Å². The van der Waals surface area contributed by atoms with Crippen LogP contribution in [0, 0.1) is 12.7 Å². The van der Waals surface area contributed by atoms with Crippen LogP contribution in [0.2, 0.25) is 0 Å². The second-order valence-electron chi connectivity index (χ2n) is 4.38. The van der Waals surface area contributed by atoms with Crippen LogP contribution >= 0.6 is 15.9 Å². The number of benzene rings is 1. The van der Waals surface area contributed by atoms with Gasteiger partial charge in [-0.15, -0.1) is 0 Å². The van der Waals surface area contributed by atoms with Gasteiger partial charge in [0.2, 0.25) is 5.88 Å². The van der Waals surface area contributed by atoms with Crippen molar-refractivity contribution in [2.45, 2.75) is 26.7 Å². The van der Waals surface area contributed by atoms with Crippen molar-refractivity contribution in [2.24, 2.45) is 0 Å². The summed E-state index contributed by atoms with van der Waals surface area (Å²) in [7, 11) is 0. The van der Waals surface area contributed by atoms with E-state index in [0.29, 0.717) is 33.3 Å². The van der Waals surface area contributed by atoms with E-state index in [2.05, 4.69) is 25.9 Å². The number of halogens is 2. The molecule has 1 heterocycles. The lowest BCUT2D eigenvalue weighted by Gasteiger charge is -2.11. The first-order chi connectivity index (χ1) is 9.51. The fraction of sp³-hybridized carbons (Fsp3) is 0.286. The minimum absolute atomic E-state index is 0.364. The first-order valence-corrected chi connectivity index (χ1v) is 7.06. The van der Waals surface area contributed by atoms with E-state index in [1.165, 1.54) is 6.07 Å². The van der Waals surface area contributed by atoms with Gasteiger partial charge in [0, 0.05) is 12.5 Å². The smallest absolute Gasteiger partial charge is 0.227 e. The van der Waals surface area contributed by atoms with E-state index < -0.39 is 5.82 Å². The molecular formula is C14H15BrFN3O. The fourth-order valence-electron chi connectivity index (χ4n) is 1.65. The zero-order valence-corrected chi connectivity index (χ0v) is 12.9. The lowest BCUT2D eigenvalue weighted by Crippen LogP contribution is -2.05. The van der Waals surface area contributed by atoms with E-state index >= 15 is 0 Å². The normalized spacial score (nSPS) is 10.6. The first-order valence-electron chi connectivity index (χ1n) is 6.27. The maximum atomic E-state index is 13.5. The minimum atomic E-state index is -0.393. The molecule has 0 fully saturated rings. The summed E-state index contributed by atoms with van der Waals surface area (Å²) in [4.78, 5) is 8.52. The molecule has 2 rings (SSSR count). The molecule has 6 heteroatoms. The maximum Gasteiger partial charge on any atom is 0.227 e. The molecular weight excluding hydrogens is 325 g/mol. The quantitative estimate of drug-likeness (QED) is 0.913. The number of hydrogen-bond acceptors (Lipinski definition) is 4. The van der Waals surface area contributed by atoms with Gasteiger partial charge in [-0.25, -0.2) is 9.37 Å².